The Bertz CT molecular complexity index is 723. The van der Waals surface area contributed by atoms with Crippen LogP contribution in [0, 0.1) is 5.92 Å². The fraction of sp³-hybridized carbons (Fsp3) is 0.533. The second-order valence-corrected chi connectivity index (χ2v) is 8.11. The van der Waals surface area contributed by atoms with Gasteiger partial charge in [-0.1, -0.05) is 19.1 Å². The summed E-state index contributed by atoms with van der Waals surface area (Å²) in [7, 11) is -1.81. The number of aromatic amines is 1. The van der Waals surface area contributed by atoms with Gasteiger partial charge in [-0.3, -0.25) is 0 Å². The summed E-state index contributed by atoms with van der Waals surface area (Å²) in [6, 6.07) is 7.70. The molecule has 1 N–H and O–H groups in total. The highest BCUT2D eigenvalue weighted by Crippen LogP contribution is 2.21. The van der Waals surface area contributed by atoms with E-state index >= 15 is 0 Å². The van der Waals surface area contributed by atoms with E-state index in [4.69, 9.17) is 0 Å². The summed E-state index contributed by atoms with van der Waals surface area (Å²) in [6.45, 7) is 3.56. The molecule has 7 heteroatoms. The van der Waals surface area contributed by atoms with Crippen LogP contribution >= 0.6 is 0 Å². The molecule has 1 aliphatic rings. The minimum Gasteiger partial charge on any atom is -0.341 e. The summed E-state index contributed by atoms with van der Waals surface area (Å²) in [5.41, 5.74) is 1.78. The zero-order chi connectivity index (χ0) is 15.7. The van der Waals surface area contributed by atoms with Crippen LogP contribution in [0.5, 0.6) is 0 Å². The van der Waals surface area contributed by atoms with Crippen molar-refractivity contribution in [2.24, 2.45) is 5.92 Å². The lowest BCUT2D eigenvalue weighted by Gasteiger charge is -2.32. The number of imidazole rings is 1. The first kappa shape index (κ1) is 15.5. The monoisotopic (exact) mass is 322 g/mol. The fourth-order valence-corrected chi connectivity index (χ4v) is 4.41. The number of para-hydroxylation sites is 2. The zero-order valence-corrected chi connectivity index (χ0v) is 13.8. The van der Waals surface area contributed by atoms with Gasteiger partial charge in [0.25, 0.3) is 10.2 Å². The van der Waals surface area contributed by atoms with E-state index in [0.717, 1.165) is 23.9 Å². The molecule has 1 aromatic carbocycles. The van der Waals surface area contributed by atoms with Gasteiger partial charge in [0.15, 0.2) is 0 Å². The maximum absolute atomic E-state index is 12.7. The first-order valence-electron chi connectivity index (χ1n) is 7.62. The molecule has 1 aromatic heterocycles. The number of hydrogen-bond acceptors (Lipinski definition) is 3. The topological polar surface area (TPSA) is 69.3 Å². The van der Waals surface area contributed by atoms with E-state index < -0.39 is 10.2 Å². The number of aromatic nitrogens is 2. The lowest BCUT2D eigenvalue weighted by molar-refractivity contribution is 0.262. The molecule has 6 nitrogen and oxygen atoms in total. The van der Waals surface area contributed by atoms with Crippen molar-refractivity contribution < 1.29 is 8.42 Å². The Labute approximate surface area is 131 Å². The van der Waals surface area contributed by atoms with Crippen LogP contribution in [0.15, 0.2) is 24.3 Å². The molecule has 1 atom stereocenters. The number of hydrogen-bond donors (Lipinski definition) is 1. The SMILES string of the molecule is CC1CCCN(S(=O)(=O)N(C)Cc2nc3ccccc3[nH]2)C1. The Hall–Kier alpha value is -1.44. The first-order valence-corrected chi connectivity index (χ1v) is 9.01. The molecule has 2 aromatic rings. The molecule has 0 amide bonds. The predicted molar refractivity (Wildman–Crippen MR) is 86.5 cm³/mol. The second kappa shape index (κ2) is 5.98. The number of H-pyrrole nitrogens is 1. The average Bonchev–Trinajstić information content (AvgIpc) is 2.89. The van der Waals surface area contributed by atoms with Crippen LogP contribution in [0.3, 0.4) is 0 Å². The summed E-state index contributed by atoms with van der Waals surface area (Å²) < 4.78 is 28.3. The summed E-state index contributed by atoms with van der Waals surface area (Å²) in [6.07, 6.45) is 2.03. The maximum atomic E-state index is 12.7. The van der Waals surface area contributed by atoms with Gasteiger partial charge in [0.05, 0.1) is 17.6 Å². The fourth-order valence-electron chi connectivity index (χ4n) is 2.93. The molecule has 1 fully saturated rings. The smallest absolute Gasteiger partial charge is 0.282 e. The highest BCUT2D eigenvalue weighted by Gasteiger charge is 2.30. The van der Waals surface area contributed by atoms with Crippen LogP contribution in [-0.2, 0) is 16.8 Å². The Morgan fingerprint density at radius 2 is 2.18 bits per heavy atom. The second-order valence-electron chi connectivity index (χ2n) is 6.07. The van der Waals surface area contributed by atoms with Gasteiger partial charge in [-0.15, -0.1) is 0 Å². The van der Waals surface area contributed by atoms with E-state index in [1.54, 1.807) is 11.4 Å². The van der Waals surface area contributed by atoms with Crippen molar-refractivity contribution in [2.75, 3.05) is 20.1 Å². The molecule has 1 aliphatic heterocycles. The minimum absolute atomic E-state index is 0.252. The Morgan fingerprint density at radius 3 is 2.91 bits per heavy atom. The van der Waals surface area contributed by atoms with Crippen molar-refractivity contribution in [3.05, 3.63) is 30.1 Å². The molecule has 1 unspecified atom stereocenters. The number of nitrogens with one attached hydrogen (secondary N) is 1. The third-order valence-corrected chi connectivity index (χ3v) is 6.05. The molecule has 0 spiro atoms. The van der Waals surface area contributed by atoms with Gasteiger partial charge in [-0.05, 0) is 30.9 Å². The van der Waals surface area contributed by atoms with E-state index in [1.165, 1.54) is 4.31 Å². The Balaban J connectivity index is 1.76. The minimum atomic E-state index is -3.42. The van der Waals surface area contributed by atoms with Gasteiger partial charge in [0, 0.05) is 20.1 Å². The molecule has 2 heterocycles. The van der Waals surface area contributed by atoms with Gasteiger partial charge in [-0.2, -0.15) is 17.0 Å². The van der Waals surface area contributed by atoms with E-state index in [0.29, 0.717) is 24.8 Å². The van der Waals surface area contributed by atoms with Crippen LogP contribution < -0.4 is 0 Å². The third kappa shape index (κ3) is 3.02. The van der Waals surface area contributed by atoms with E-state index in [9.17, 15) is 8.42 Å². The van der Waals surface area contributed by atoms with Crippen LogP contribution in [0.25, 0.3) is 11.0 Å². The first-order chi connectivity index (χ1) is 10.5. The van der Waals surface area contributed by atoms with Gasteiger partial charge in [-0.25, -0.2) is 4.98 Å². The number of fused-ring (bicyclic) bond motifs is 1. The van der Waals surface area contributed by atoms with Crippen molar-refractivity contribution in [2.45, 2.75) is 26.3 Å². The van der Waals surface area contributed by atoms with Crippen molar-refractivity contribution in [1.29, 1.82) is 0 Å². The molecule has 3 rings (SSSR count). The summed E-state index contributed by atoms with van der Waals surface area (Å²) >= 11 is 0. The molecule has 120 valence electrons. The summed E-state index contributed by atoms with van der Waals surface area (Å²) in [5, 5.41) is 0. The highest BCUT2D eigenvalue weighted by molar-refractivity contribution is 7.86. The van der Waals surface area contributed by atoms with Gasteiger partial charge in [0.2, 0.25) is 0 Å². The van der Waals surface area contributed by atoms with Crippen LogP contribution in [0.1, 0.15) is 25.6 Å². The maximum Gasteiger partial charge on any atom is 0.282 e. The summed E-state index contributed by atoms with van der Waals surface area (Å²) in [5.74, 6) is 1.08. The molecular formula is C15H22N4O2S. The largest absolute Gasteiger partial charge is 0.341 e. The molecule has 1 saturated heterocycles. The van der Waals surface area contributed by atoms with E-state index in [-0.39, 0.29) is 6.54 Å². The Kier molecular flexibility index (Phi) is 4.20. The third-order valence-electron chi connectivity index (χ3n) is 4.15. The number of rotatable bonds is 4. The van der Waals surface area contributed by atoms with Gasteiger partial charge >= 0.3 is 0 Å². The standard InChI is InChI=1S/C15H22N4O2S/c1-12-6-5-9-19(10-12)22(20,21)18(2)11-15-16-13-7-3-4-8-14(13)17-15/h3-4,7-8,12H,5-6,9-11H2,1-2H3,(H,16,17). The van der Waals surface area contributed by atoms with Crippen LogP contribution in [-0.4, -0.2) is 47.1 Å². The lowest BCUT2D eigenvalue weighted by atomic mass is 10.0. The molecule has 0 radical (unpaired) electrons. The lowest BCUT2D eigenvalue weighted by Crippen LogP contribution is -2.46. The quantitative estimate of drug-likeness (QED) is 0.935. The van der Waals surface area contributed by atoms with Crippen molar-refractivity contribution in [3.63, 3.8) is 0 Å². The Morgan fingerprint density at radius 1 is 1.41 bits per heavy atom. The number of nitrogens with zero attached hydrogens (tertiary/aromatic N) is 3. The highest BCUT2D eigenvalue weighted by atomic mass is 32.2. The number of piperidine rings is 1. The van der Waals surface area contributed by atoms with E-state index in [1.807, 2.05) is 24.3 Å². The van der Waals surface area contributed by atoms with Gasteiger partial charge in [0.1, 0.15) is 5.82 Å². The van der Waals surface area contributed by atoms with E-state index in [2.05, 4.69) is 16.9 Å². The van der Waals surface area contributed by atoms with Crippen molar-refractivity contribution >= 4 is 21.2 Å². The predicted octanol–water partition coefficient (Wildman–Crippen LogP) is 1.97. The van der Waals surface area contributed by atoms with Crippen LogP contribution in [0.4, 0.5) is 0 Å². The molecular weight excluding hydrogens is 300 g/mol. The molecule has 0 aliphatic carbocycles. The average molecular weight is 322 g/mol. The summed E-state index contributed by atoms with van der Waals surface area (Å²) in [4.78, 5) is 7.62. The van der Waals surface area contributed by atoms with Crippen molar-refractivity contribution in [3.8, 4) is 0 Å². The number of benzene rings is 1. The molecule has 22 heavy (non-hydrogen) atoms. The zero-order valence-electron chi connectivity index (χ0n) is 13.0. The van der Waals surface area contributed by atoms with Crippen LogP contribution in [0.2, 0.25) is 0 Å². The normalized spacial score (nSPS) is 20.8. The molecule has 0 saturated carbocycles. The van der Waals surface area contributed by atoms with Gasteiger partial charge < -0.3 is 4.98 Å². The molecule has 0 bridgehead atoms. The van der Waals surface area contributed by atoms with Crippen molar-refractivity contribution in [1.82, 2.24) is 18.6 Å².